The maximum absolute atomic E-state index is 13.5. The predicted molar refractivity (Wildman–Crippen MR) is 69.9 cm³/mol. The van der Waals surface area contributed by atoms with Crippen molar-refractivity contribution in [3.05, 3.63) is 52.8 Å². The number of carbonyl (C=O) groups is 1. The van der Waals surface area contributed by atoms with Crippen LogP contribution in [0.2, 0.25) is 5.02 Å². The lowest BCUT2D eigenvalue weighted by Crippen LogP contribution is -2.02. The van der Waals surface area contributed by atoms with Crippen LogP contribution in [-0.2, 0) is 4.74 Å². The molecule has 0 aliphatic rings. The van der Waals surface area contributed by atoms with Gasteiger partial charge < -0.3 is 9.84 Å². The standard InChI is InChI=1S/C14H10ClFO3/c1-19-14(18)10-4-9(5-11(16)6-10)8-2-3-13(17)12(15)7-8/h2-7,17H,1H3. The molecule has 2 aromatic rings. The molecule has 19 heavy (non-hydrogen) atoms. The fraction of sp³-hybridized carbons (Fsp3) is 0.0714. The van der Waals surface area contributed by atoms with Crippen LogP contribution in [-0.4, -0.2) is 18.2 Å². The van der Waals surface area contributed by atoms with Crippen molar-refractivity contribution in [2.24, 2.45) is 0 Å². The number of esters is 1. The Labute approximate surface area is 114 Å². The Balaban J connectivity index is 2.52. The van der Waals surface area contributed by atoms with Crippen molar-refractivity contribution < 1.29 is 19.0 Å². The lowest BCUT2D eigenvalue weighted by molar-refractivity contribution is 0.0600. The summed E-state index contributed by atoms with van der Waals surface area (Å²) in [7, 11) is 1.23. The van der Waals surface area contributed by atoms with Crippen LogP contribution in [0.25, 0.3) is 11.1 Å². The third kappa shape index (κ3) is 2.85. The highest BCUT2D eigenvalue weighted by atomic mass is 35.5. The minimum Gasteiger partial charge on any atom is -0.506 e. The van der Waals surface area contributed by atoms with Crippen LogP contribution in [0.1, 0.15) is 10.4 Å². The predicted octanol–water partition coefficient (Wildman–Crippen LogP) is 3.64. The molecule has 5 heteroatoms. The van der Waals surface area contributed by atoms with Gasteiger partial charge in [0, 0.05) is 0 Å². The van der Waals surface area contributed by atoms with Crippen molar-refractivity contribution in [2.75, 3.05) is 7.11 Å². The number of benzene rings is 2. The average molecular weight is 281 g/mol. The zero-order valence-electron chi connectivity index (χ0n) is 9.98. The summed E-state index contributed by atoms with van der Waals surface area (Å²) in [5.74, 6) is -1.23. The second kappa shape index (κ2) is 5.28. The Morgan fingerprint density at radius 3 is 2.58 bits per heavy atom. The molecule has 2 aromatic carbocycles. The van der Waals surface area contributed by atoms with Crippen molar-refractivity contribution in [1.29, 1.82) is 0 Å². The molecule has 0 atom stereocenters. The van der Waals surface area contributed by atoms with Gasteiger partial charge in [-0.15, -0.1) is 0 Å². The van der Waals surface area contributed by atoms with Crippen LogP contribution in [0.5, 0.6) is 5.75 Å². The zero-order valence-corrected chi connectivity index (χ0v) is 10.7. The molecule has 0 heterocycles. The van der Waals surface area contributed by atoms with Crippen molar-refractivity contribution >= 4 is 17.6 Å². The van der Waals surface area contributed by atoms with Gasteiger partial charge in [0.25, 0.3) is 0 Å². The maximum Gasteiger partial charge on any atom is 0.337 e. The highest BCUT2D eigenvalue weighted by molar-refractivity contribution is 6.32. The van der Waals surface area contributed by atoms with E-state index in [1.807, 2.05) is 0 Å². The summed E-state index contributed by atoms with van der Waals surface area (Å²) in [5, 5.41) is 9.50. The summed E-state index contributed by atoms with van der Waals surface area (Å²) < 4.78 is 18.1. The minimum absolute atomic E-state index is 0.0602. The van der Waals surface area contributed by atoms with Crippen LogP contribution < -0.4 is 0 Å². The van der Waals surface area contributed by atoms with Crippen LogP contribution >= 0.6 is 11.6 Å². The molecule has 2 rings (SSSR count). The van der Waals surface area contributed by atoms with Gasteiger partial charge in [-0.3, -0.25) is 0 Å². The van der Waals surface area contributed by atoms with E-state index in [9.17, 15) is 14.3 Å². The third-order valence-corrected chi connectivity index (χ3v) is 2.90. The molecule has 0 saturated heterocycles. The van der Waals surface area contributed by atoms with Crippen LogP contribution in [0.3, 0.4) is 0 Å². The molecular weight excluding hydrogens is 271 g/mol. The van der Waals surface area contributed by atoms with Crippen molar-refractivity contribution in [3.63, 3.8) is 0 Å². The molecule has 0 aliphatic heterocycles. The van der Waals surface area contributed by atoms with E-state index in [4.69, 9.17) is 11.6 Å². The Hall–Kier alpha value is -2.07. The monoisotopic (exact) mass is 280 g/mol. The lowest BCUT2D eigenvalue weighted by atomic mass is 10.0. The zero-order chi connectivity index (χ0) is 14.0. The van der Waals surface area contributed by atoms with Crippen LogP contribution in [0.4, 0.5) is 4.39 Å². The molecular formula is C14H10ClFO3. The van der Waals surface area contributed by atoms with Gasteiger partial charge in [-0.25, -0.2) is 9.18 Å². The molecule has 0 aliphatic carbocycles. The number of ether oxygens (including phenoxy) is 1. The quantitative estimate of drug-likeness (QED) is 0.854. The van der Waals surface area contributed by atoms with Crippen molar-refractivity contribution in [3.8, 4) is 16.9 Å². The lowest BCUT2D eigenvalue weighted by Gasteiger charge is -2.06. The van der Waals surface area contributed by atoms with Gasteiger partial charge in [-0.2, -0.15) is 0 Å². The first-order chi connectivity index (χ1) is 9.01. The number of carbonyl (C=O) groups excluding carboxylic acids is 1. The number of hydrogen-bond donors (Lipinski definition) is 1. The Kier molecular flexibility index (Phi) is 3.71. The first-order valence-corrected chi connectivity index (χ1v) is 5.77. The van der Waals surface area contributed by atoms with Gasteiger partial charge in [0.2, 0.25) is 0 Å². The largest absolute Gasteiger partial charge is 0.506 e. The van der Waals surface area contributed by atoms with Crippen LogP contribution in [0.15, 0.2) is 36.4 Å². The molecule has 98 valence electrons. The highest BCUT2D eigenvalue weighted by Crippen LogP contribution is 2.30. The summed E-state index contributed by atoms with van der Waals surface area (Å²) in [6.45, 7) is 0. The third-order valence-electron chi connectivity index (χ3n) is 2.60. The normalized spacial score (nSPS) is 10.3. The van der Waals surface area contributed by atoms with E-state index in [2.05, 4.69) is 4.74 Å². The number of hydrogen-bond acceptors (Lipinski definition) is 3. The van der Waals surface area contributed by atoms with E-state index >= 15 is 0 Å². The van der Waals surface area contributed by atoms with E-state index in [-0.39, 0.29) is 16.3 Å². The topological polar surface area (TPSA) is 46.5 Å². The number of halogens is 2. The average Bonchev–Trinajstić information content (AvgIpc) is 2.40. The van der Waals surface area contributed by atoms with Gasteiger partial charge in [-0.05, 0) is 41.5 Å². The second-order valence-corrected chi connectivity index (χ2v) is 4.29. The van der Waals surface area contributed by atoms with Gasteiger partial charge in [0.15, 0.2) is 0 Å². The molecule has 0 amide bonds. The number of aromatic hydroxyl groups is 1. The summed E-state index contributed by atoms with van der Waals surface area (Å²) in [6.07, 6.45) is 0. The molecule has 0 unspecified atom stereocenters. The van der Waals surface area contributed by atoms with E-state index < -0.39 is 11.8 Å². The van der Waals surface area contributed by atoms with Gasteiger partial charge in [-0.1, -0.05) is 17.7 Å². The molecule has 0 spiro atoms. The smallest absolute Gasteiger partial charge is 0.337 e. The van der Waals surface area contributed by atoms with Gasteiger partial charge in [0.1, 0.15) is 11.6 Å². The summed E-state index contributed by atoms with van der Waals surface area (Å²) in [5.41, 5.74) is 1.18. The highest BCUT2D eigenvalue weighted by Gasteiger charge is 2.11. The van der Waals surface area contributed by atoms with Gasteiger partial charge in [0.05, 0.1) is 17.7 Å². The molecule has 1 N–H and O–H groups in total. The molecule has 3 nitrogen and oxygen atoms in total. The number of phenolic OH excluding ortho intramolecular Hbond substituents is 1. The second-order valence-electron chi connectivity index (χ2n) is 3.89. The maximum atomic E-state index is 13.5. The van der Waals surface area contributed by atoms with E-state index in [0.717, 1.165) is 6.07 Å². The summed E-state index contributed by atoms with van der Waals surface area (Å²) in [6, 6.07) is 8.34. The Bertz CT molecular complexity index is 641. The van der Waals surface area contributed by atoms with E-state index in [0.29, 0.717) is 11.1 Å². The molecule has 0 saturated carbocycles. The summed E-state index contributed by atoms with van der Waals surface area (Å²) >= 11 is 5.80. The molecule has 0 bridgehead atoms. The minimum atomic E-state index is -0.620. The van der Waals surface area contributed by atoms with Gasteiger partial charge >= 0.3 is 5.97 Å². The fourth-order valence-corrected chi connectivity index (χ4v) is 1.86. The van der Waals surface area contributed by atoms with Crippen molar-refractivity contribution in [2.45, 2.75) is 0 Å². The number of methoxy groups -OCH3 is 1. The summed E-state index contributed by atoms with van der Waals surface area (Å²) in [4.78, 5) is 11.4. The van der Waals surface area contributed by atoms with E-state index in [1.54, 1.807) is 6.07 Å². The Morgan fingerprint density at radius 1 is 1.21 bits per heavy atom. The first-order valence-electron chi connectivity index (χ1n) is 5.39. The molecule has 0 fully saturated rings. The molecule has 0 radical (unpaired) electrons. The molecule has 0 aromatic heterocycles. The number of phenols is 1. The SMILES string of the molecule is COC(=O)c1cc(F)cc(-c2ccc(O)c(Cl)c2)c1. The number of rotatable bonds is 2. The van der Waals surface area contributed by atoms with Crippen LogP contribution in [0, 0.1) is 5.82 Å². The van der Waals surface area contributed by atoms with Crippen molar-refractivity contribution in [1.82, 2.24) is 0 Å². The first kappa shape index (κ1) is 13.4. The Morgan fingerprint density at radius 2 is 1.95 bits per heavy atom. The fourth-order valence-electron chi connectivity index (χ4n) is 1.68. The van der Waals surface area contributed by atoms with E-state index in [1.165, 1.54) is 31.4 Å².